The highest BCUT2D eigenvalue weighted by molar-refractivity contribution is 7.89. The van der Waals surface area contributed by atoms with E-state index in [1.807, 2.05) is 6.92 Å². The van der Waals surface area contributed by atoms with Gasteiger partial charge in [-0.3, -0.25) is 5.10 Å². The van der Waals surface area contributed by atoms with Crippen LogP contribution >= 0.6 is 0 Å². The van der Waals surface area contributed by atoms with E-state index in [9.17, 15) is 8.42 Å². The summed E-state index contributed by atoms with van der Waals surface area (Å²) in [6.45, 7) is 5.09. The molecule has 108 valence electrons. The van der Waals surface area contributed by atoms with Crippen LogP contribution in [0.15, 0.2) is 5.03 Å². The van der Waals surface area contributed by atoms with Gasteiger partial charge in [0.1, 0.15) is 0 Å². The van der Waals surface area contributed by atoms with Gasteiger partial charge in [-0.15, -0.1) is 0 Å². The Balaban J connectivity index is 2.31. The Morgan fingerprint density at radius 1 is 1.47 bits per heavy atom. The van der Waals surface area contributed by atoms with E-state index >= 15 is 0 Å². The van der Waals surface area contributed by atoms with Crippen LogP contribution in [0.3, 0.4) is 0 Å². The molecule has 6 nitrogen and oxygen atoms in total. The summed E-state index contributed by atoms with van der Waals surface area (Å²) in [5.41, 5.74) is 6.96. The van der Waals surface area contributed by atoms with Gasteiger partial charge in [0.15, 0.2) is 5.03 Å². The average molecular weight is 286 g/mol. The molecule has 0 saturated heterocycles. The fraction of sp³-hybridized carbons (Fsp3) is 0.750. The van der Waals surface area contributed by atoms with Gasteiger partial charge in [0.05, 0.1) is 0 Å². The first-order valence-electron chi connectivity index (χ1n) is 6.74. The normalized spacial score (nSPS) is 16.2. The molecule has 0 amide bonds. The van der Waals surface area contributed by atoms with E-state index in [-0.39, 0.29) is 11.6 Å². The molecule has 0 aromatic carbocycles. The smallest absolute Gasteiger partial charge is 0.262 e. The first-order valence-corrected chi connectivity index (χ1v) is 8.18. The van der Waals surface area contributed by atoms with E-state index in [2.05, 4.69) is 10.2 Å². The monoisotopic (exact) mass is 286 g/mol. The van der Waals surface area contributed by atoms with Crippen molar-refractivity contribution in [2.45, 2.75) is 44.7 Å². The summed E-state index contributed by atoms with van der Waals surface area (Å²) in [6.07, 6.45) is 3.05. The van der Waals surface area contributed by atoms with Gasteiger partial charge in [-0.2, -0.15) is 9.40 Å². The summed E-state index contributed by atoms with van der Waals surface area (Å²) >= 11 is 0. The fourth-order valence-corrected chi connectivity index (χ4v) is 3.94. The highest BCUT2D eigenvalue weighted by atomic mass is 32.2. The third kappa shape index (κ3) is 2.98. The molecule has 1 heterocycles. The van der Waals surface area contributed by atoms with Crippen molar-refractivity contribution in [3.63, 3.8) is 0 Å². The van der Waals surface area contributed by atoms with Crippen molar-refractivity contribution in [3.05, 3.63) is 11.3 Å². The number of rotatable bonds is 7. The van der Waals surface area contributed by atoms with Gasteiger partial charge in [-0.25, -0.2) is 8.42 Å². The lowest BCUT2D eigenvalue weighted by molar-refractivity contribution is 0.393. The highest BCUT2D eigenvalue weighted by Gasteiger charge is 2.34. The quantitative estimate of drug-likeness (QED) is 0.781. The number of sulfonamides is 1. The summed E-state index contributed by atoms with van der Waals surface area (Å²) < 4.78 is 26.9. The largest absolute Gasteiger partial charge is 0.326 e. The van der Waals surface area contributed by atoms with Crippen molar-refractivity contribution in [2.75, 3.05) is 13.1 Å². The van der Waals surface area contributed by atoms with Gasteiger partial charge in [0.2, 0.25) is 0 Å². The zero-order valence-electron chi connectivity index (χ0n) is 11.5. The summed E-state index contributed by atoms with van der Waals surface area (Å²) in [5, 5.41) is 6.78. The van der Waals surface area contributed by atoms with E-state index in [0.29, 0.717) is 24.6 Å². The van der Waals surface area contributed by atoms with Gasteiger partial charge < -0.3 is 5.73 Å². The summed E-state index contributed by atoms with van der Waals surface area (Å²) in [7, 11) is -3.53. The maximum absolute atomic E-state index is 12.7. The van der Waals surface area contributed by atoms with E-state index in [1.54, 1.807) is 11.2 Å². The first kappa shape index (κ1) is 14.5. The molecule has 1 aromatic rings. The Kier molecular flexibility index (Phi) is 4.27. The standard InChI is InChI=1S/C12H22N4O2S/c1-3-6-16(8-10-4-5-10)19(17,18)12-11(7-13)9(2)14-15-12/h10H,3-8,13H2,1-2H3,(H,14,15). The zero-order valence-corrected chi connectivity index (χ0v) is 12.3. The highest BCUT2D eigenvalue weighted by Crippen LogP contribution is 2.32. The van der Waals surface area contributed by atoms with E-state index in [4.69, 9.17) is 5.73 Å². The molecule has 0 spiro atoms. The second-order valence-electron chi connectivity index (χ2n) is 5.14. The Morgan fingerprint density at radius 2 is 2.16 bits per heavy atom. The summed E-state index contributed by atoms with van der Waals surface area (Å²) in [6, 6.07) is 0. The Morgan fingerprint density at radius 3 is 2.68 bits per heavy atom. The molecule has 1 aliphatic rings. The van der Waals surface area contributed by atoms with Crippen LogP contribution < -0.4 is 5.73 Å². The second kappa shape index (κ2) is 5.60. The van der Waals surface area contributed by atoms with E-state index < -0.39 is 10.0 Å². The van der Waals surface area contributed by atoms with Gasteiger partial charge in [0.25, 0.3) is 10.0 Å². The molecule has 1 aromatic heterocycles. The number of nitrogens with two attached hydrogens (primary N) is 1. The molecule has 1 aliphatic carbocycles. The number of hydrogen-bond donors (Lipinski definition) is 2. The van der Waals surface area contributed by atoms with Gasteiger partial charge in [-0.1, -0.05) is 6.92 Å². The van der Waals surface area contributed by atoms with Crippen molar-refractivity contribution in [2.24, 2.45) is 11.7 Å². The minimum absolute atomic E-state index is 0.0987. The number of aromatic amines is 1. The lowest BCUT2D eigenvalue weighted by Crippen LogP contribution is -2.34. The maximum atomic E-state index is 12.7. The lowest BCUT2D eigenvalue weighted by atomic mass is 10.3. The number of nitrogens with one attached hydrogen (secondary N) is 1. The van der Waals surface area contributed by atoms with Crippen molar-refractivity contribution in [1.29, 1.82) is 0 Å². The Bertz CT molecular complexity index is 534. The molecule has 1 fully saturated rings. The molecule has 3 N–H and O–H groups in total. The van der Waals surface area contributed by atoms with Crippen LogP contribution in [0, 0.1) is 12.8 Å². The van der Waals surface area contributed by atoms with Crippen molar-refractivity contribution >= 4 is 10.0 Å². The van der Waals surface area contributed by atoms with Crippen molar-refractivity contribution in [1.82, 2.24) is 14.5 Å². The number of aromatic nitrogens is 2. The summed E-state index contributed by atoms with van der Waals surface area (Å²) in [5.74, 6) is 0.516. The number of hydrogen-bond acceptors (Lipinski definition) is 4. The van der Waals surface area contributed by atoms with E-state index in [0.717, 1.165) is 25.0 Å². The molecule has 0 atom stereocenters. The van der Waals surface area contributed by atoms with Crippen LogP contribution in [0.5, 0.6) is 0 Å². The van der Waals surface area contributed by atoms with Crippen LogP contribution in [0.25, 0.3) is 0 Å². The molecule has 19 heavy (non-hydrogen) atoms. The SMILES string of the molecule is CCCN(CC1CC1)S(=O)(=O)c1n[nH]c(C)c1CN. The molecular formula is C12H22N4O2S. The minimum atomic E-state index is -3.53. The first-order chi connectivity index (χ1) is 9.00. The van der Waals surface area contributed by atoms with Gasteiger partial charge in [0, 0.05) is 30.9 Å². The van der Waals surface area contributed by atoms with Crippen LogP contribution in [0.1, 0.15) is 37.4 Å². The number of aryl methyl sites for hydroxylation is 1. The van der Waals surface area contributed by atoms with Crippen LogP contribution in [0.4, 0.5) is 0 Å². The molecule has 0 unspecified atom stereocenters. The Hall–Kier alpha value is -0.920. The van der Waals surface area contributed by atoms with Crippen molar-refractivity contribution < 1.29 is 8.42 Å². The predicted molar refractivity (Wildman–Crippen MR) is 73.0 cm³/mol. The molecule has 2 rings (SSSR count). The third-order valence-corrected chi connectivity index (χ3v) is 5.29. The van der Waals surface area contributed by atoms with Crippen LogP contribution in [0.2, 0.25) is 0 Å². The number of nitrogens with zero attached hydrogens (tertiary/aromatic N) is 2. The second-order valence-corrected chi connectivity index (χ2v) is 7.00. The molecule has 1 saturated carbocycles. The van der Waals surface area contributed by atoms with E-state index in [1.165, 1.54) is 0 Å². The molecule has 0 radical (unpaired) electrons. The topological polar surface area (TPSA) is 92.1 Å². The lowest BCUT2D eigenvalue weighted by Gasteiger charge is -2.20. The Labute approximate surface area is 114 Å². The van der Waals surface area contributed by atoms with Gasteiger partial charge in [-0.05, 0) is 32.1 Å². The third-order valence-electron chi connectivity index (χ3n) is 3.46. The minimum Gasteiger partial charge on any atom is -0.326 e. The molecule has 7 heteroatoms. The summed E-state index contributed by atoms with van der Waals surface area (Å²) in [4.78, 5) is 0. The molecular weight excluding hydrogens is 264 g/mol. The van der Waals surface area contributed by atoms with Crippen molar-refractivity contribution in [3.8, 4) is 0 Å². The zero-order chi connectivity index (χ0) is 14.0. The molecule has 0 aliphatic heterocycles. The predicted octanol–water partition coefficient (Wildman–Crippen LogP) is 0.988. The van der Waals surface area contributed by atoms with Gasteiger partial charge >= 0.3 is 0 Å². The fourth-order valence-electron chi connectivity index (χ4n) is 2.15. The molecule has 0 bridgehead atoms. The van der Waals surface area contributed by atoms with Crippen LogP contribution in [-0.2, 0) is 16.6 Å². The maximum Gasteiger partial charge on any atom is 0.262 e. The average Bonchev–Trinajstić information content (AvgIpc) is 3.09. The number of H-pyrrole nitrogens is 1. The van der Waals surface area contributed by atoms with Crippen LogP contribution in [-0.4, -0.2) is 36.0 Å².